The third kappa shape index (κ3) is 1.91. The zero-order valence-electron chi connectivity index (χ0n) is 6.24. The summed E-state index contributed by atoms with van der Waals surface area (Å²) in [7, 11) is -3.95. The molecule has 0 aromatic carbocycles. The fourth-order valence-electron chi connectivity index (χ4n) is 1.10. The minimum Gasteiger partial charge on any atom is -0.282 e. The summed E-state index contributed by atoms with van der Waals surface area (Å²) < 4.78 is 30.0. The van der Waals surface area contributed by atoms with Gasteiger partial charge in [0.1, 0.15) is 0 Å². The largest absolute Gasteiger partial charge is 0.290 e. The Labute approximate surface area is 66.2 Å². The Morgan fingerprint density at radius 1 is 1.55 bits per heavy atom. The van der Waals surface area contributed by atoms with Gasteiger partial charge in [0.2, 0.25) is 0 Å². The van der Waals surface area contributed by atoms with Crippen molar-refractivity contribution in [3.63, 3.8) is 0 Å². The van der Waals surface area contributed by atoms with Crippen LogP contribution in [0, 0.1) is 0 Å². The lowest BCUT2D eigenvalue weighted by Crippen LogP contribution is -2.05. The third-order valence-corrected chi connectivity index (χ3v) is 2.81. The molecule has 0 aromatic heterocycles. The molecule has 0 aromatic rings. The van der Waals surface area contributed by atoms with E-state index < -0.39 is 10.1 Å². The first kappa shape index (κ1) is 8.49. The van der Waals surface area contributed by atoms with Crippen LogP contribution in [-0.2, 0) is 10.1 Å². The Hall–Kier alpha value is -0.610. The van der Waals surface area contributed by atoms with Crippen LogP contribution in [0.1, 0.15) is 19.8 Å². The second-order valence-electron chi connectivity index (χ2n) is 2.52. The van der Waals surface area contributed by atoms with Gasteiger partial charge in [-0.3, -0.25) is 4.55 Å². The topological polar surface area (TPSA) is 54.4 Å². The van der Waals surface area contributed by atoms with Gasteiger partial charge in [-0.2, -0.15) is 8.42 Å². The standard InChI is InChI=1S/C7H10O3S/c1-6-4-2-3-5-7(6)11(8,9)10/h2,4H,3,5H2,1H3,(H,8,9,10). The maximum Gasteiger partial charge on any atom is 0.290 e. The fraction of sp³-hybridized carbons (Fsp3) is 0.429. The predicted molar refractivity (Wildman–Crippen MR) is 42.6 cm³/mol. The molecule has 0 atom stereocenters. The van der Waals surface area contributed by atoms with Crippen LogP contribution in [0.4, 0.5) is 0 Å². The molecule has 1 aliphatic rings. The fourth-order valence-corrected chi connectivity index (χ4v) is 1.95. The van der Waals surface area contributed by atoms with Crippen LogP contribution in [0.25, 0.3) is 0 Å². The van der Waals surface area contributed by atoms with E-state index in [1.54, 1.807) is 13.0 Å². The highest BCUT2D eigenvalue weighted by molar-refractivity contribution is 7.89. The molecule has 0 heterocycles. The van der Waals surface area contributed by atoms with Crippen molar-refractivity contribution in [1.29, 1.82) is 0 Å². The molecular weight excluding hydrogens is 164 g/mol. The first-order valence-electron chi connectivity index (χ1n) is 3.35. The zero-order valence-corrected chi connectivity index (χ0v) is 7.06. The van der Waals surface area contributed by atoms with E-state index in [1.165, 1.54) is 0 Å². The lowest BCUT2D eigenvalue weighted by molar-refractivity contribution is 0.488. The highest BCUT2D eigenvalue weighted by Crippen LogP contribution is 2.22. The summed E-state index contributed by atoms with van der Waals surface area (Å²) in [6, 6.07) is 0. The molecule has 1 aliphatic carbocycles. The predicted octanol–water partition coefficient (Wildman–Crippen LogP) is 1.50. The number of hydrogen-bond acceptors (Lipinski definition) is 2. The van der Waals surface area contributed by atoms with Crippen molar-refractivity contribution in [2.24, 2.45) is 0 Å². The van der Waals surface area contributed by atoms with Crippen molar-refractivity contribution in [2.75, 3.05) is 0 Å². The molecule has 62 valence electrons. The molecule has 0 radical (unpaired) electrons. The highest BCUT2D eigenvalue weighted by Gasteiger charge is 2.16. The van der Waals surface area contributed by atoms with Crippen molar-refractivity contribution in [3.05, 3.63) is 22.6 Å². The molecule has 0 saturated heterocycles. The molecule has 0 bridgehead atoms. The van der Waals surface area contributed by atoms with E-state index in [9.17, 15) is 8.42 Å². The zero-order chi connectivity index (χ0) is 8.48. The summed E-state index contributed by atoms with van der Waals surface area (Å²) in [6.07, 6.45) is 4.71. The van der Waals surface area contributed by atoms with Crippen LogP contribution in [0.5, 0.6) is 0 Å². The normalized spacial score (nSPS) is 19.1. The monoisotopic (exact) mass is 174 g/mol. The summed E-state index contributed by atoms with van der Waals surface area (Å²) in [5.41, 5.74) is 0.638. The van der Waals surface area contributed by atoms with Crippen LogP contribution >= 0.6 is 0 Å². The van der Waals surface area contributed by atoms with Crippen LogP contribution in [0.3, 0.4) is 0 Å². The Kier molecular flexibility index (Phi) is 2.15. The maximum absolute atomic E-state index is 10.7. The second-order valence-corrected chi connectivity index (χ2v) is 3.97. The van der Waals surface area contributed by atoms with Crippen molar-refractivity contribution < 1.29 is 13.0 Å². The van der Waals surface area contributed by atoms with Gasteiger partial charge in [0, 0.05) is 0 Å². The number of hydrogen-bond donors (Lipinski definition) is 1. The number of allylic oxidation sites excluding steroid dienone is 4. The van der Waals surface area contributed by atoms with E-state index in [0.29, 0.717) is 18.4 Å². The van der Waals surface area contributed by atoms with Crippen LogP contribution in [-0.4, -0.2) is 13.0 Å². The lowest BCUT2D eigenvalue weighted by Gasteiger charge is -2.08. The maximum atomic E-state index is 10.7. The molecule has 0 spiro atoms. The quantitative estimate of drug-likeness (QED) is 0.613. The molecule has 1 N–H and O–H groups in total. The summed E-state index contributed by atoms with van der Waals surface area (Å²) in [5, 5.41) is 0. The molecule has 0 saturated carbocycles. The Bertz CT molecular complexity index is 309. The Morgan fingerprint density at radius 2 is 2.18 bits per heavy atom. The SMILES string of the molecule is CC1=C(S(=O)(=O)O)CCC=C1. The third-order valence-electron chi connectivity index (χ3n) is 1.66. The molecule has 0 amide bonds. The molecule has 0 unspecified atom stereocenters. The summed E-state index contributed by atoms with van der Waals surface area (Å²) >= 11 is 0. The lowest BCUT2D eigenvalue weighted by atomic mass is 10.1. The van der Waals surface area contributed by atoms with Gasteiger partial charge < -0.3 is 0 Å². The summed E-state index contributed by atoms with van der Waals surface area (Å²) in [6.45, 7) is 1.68. The van der Waals surface area contributed by atoms with Crippen LogP contribution in [0.2, 0.25) is 0 Å². The minimum absolute atomic E-state index is 0.153. The Balaban J connectivity index is 3.13. The van der Waals surface area contributed by atoms with Gasteiger partial charge in [0.15, 0.2) is 0 Å². The molecular formula is C7H10O3S. The Morgan fingerprint density at radius 3 is 2.55 bits per heavy atom. The van der Waals surface area contributed by atoms with Gasteiger partial charge >= 0.3 is 0 Å². The molecule has 4 heteroatoms. The smallest absolute Gasteiger partial charge is 0.282 e. The molecule has 0 aliphatic heterocycles. The first-order valence-corrected chi connectivity index (χ1v) is 4.79. The van der Waals surface area contributed by atoms with Crippen molar-refractivity contribution in [3.8, 4) is 0 Å². The van der Waals surface area contributed by atoms with E-state index in [-0.39, 0.29) is 4.91 Å². The van der Waals surface area contributed by atoms with Gasteiger partial charge in [-0.1, -0.05) is 12.2 Å². The second kappa shape index (κ2) is 2.79. The van der Waals surface area contributed by atoms with E-state index in [1.807, 2.05) is 6.08 Å². The molecule has 1 rings (SSSR count). The van der Waals surface area contributed by atoms with Gasteiger partial charge in [0.25, 0.3) is 10.1 Å². The minimum atomic E-state index is -3.95. The molecule has 3 nitrogen and oxygen atoms in total. The summed E-state index contributed by atoms with van der Waals surface area (Å²) in [4.78, 5) is 0.153. The van der Waals surface area contributed by atoms with E-state index in [2.05, 4.69) is 0 Å². The van der Waals surface area contributed by atoms with E-state index >= 15 is 0 Å². The average Bonchev–Trinajstić information content (AvgIpc) is 1.86. The molecule has 11 heavy (non-hydrogen) atoms. The van der Waals surface area contributed by atoms with Gasteiger partial charge in [-0.25, -0.2) is 0 Å². The first-order chi connectivity index (χ1) is 5.02. The molecule has 0 fully saturated rings. The van der Waals surface area contributed by atoms with E-state index in [4.69, 9.17) is 4.55 Å². The van der Waals surface area contributed by atoms with Gasteiger partial charge in [-0.15, -0.1) is 0 Å². The van der Waals surface area contributed by atoms with Gasteiger partial charge in [-0.05, 0) is 25.3 Å². The van der Waals surface area contributed by atoms with Gasteiger partial charge in [0.05, 0.1) is 4.91 Å². The highest BCUT2D eigenvalue weighted by atomic mass is 32.2. The van der Waals surface area contributed by atoms with Crippen molar-refractivity contribution >= 4 is 10.1 Å². The summed E-state index contributed by atoms with van der Waals surface area (Å²) in [5.74, 6) is 0. The van der Waals surface area contributed by atoms with E-state index in [0.717, 1.165) is 0 Å². The van der Waals surface area contributed by atoms with Crippen molar-refractivity contribution in [1.82, 2.24) is 0 Å². The van der Waals surface area contributed by atoms with Crippen molar-refractivity contribution in [2.45, 2.75) is 19.8 Å². The van der Waals surface area contributed by atoms with Crippen LogP contribution in [0.15, 0.2) is 22.6 Å². The number of rotatable bonds is 1. The van der Waals surface area contributed by atoms with Crippen LogP contribution < -0.4 is 0 Å². The average molecular weight is 174 g/mol.